The molecule has 1 amide bonds. The average Bonchev–Trinajstić information content (AvgIpc) is 2.64. The number of carbonyl (C=O) groups is 1. The number of pyridine rings is 1. The van der Waals surface area contributed by atoms with Gasteiger partial charge < -0.3 is 14.5 Å². The quantitative estimate of drug-likeness (QED) is 0.686. The molecule has 6 nitrogen and oxygen atoms in total. The van der Waals surface area contributed by atoms with Gasteiger partial charge in [-0.15, -0.1) is 0 Å². The largest absolute Gasteiger partial charge is 0.480 e. The highest BCUT2D eigenvalue weighted by Crippen LogP contribution is 2.37. The van der Waals surface area contributed by atoms with Gasteiger partial charge >= 0.3 is 6.18 Å². The molecule has 0 aliphatic carbocycles. The highest BCUT2D eigenvalue weighted by molar-refractivity contribution is 9.10. The summed E-state index contributed by atoms with van der Waals surface area (Å²) in [4.78, 5) is 22.4. The van der Waals surface area contributed by atoms with Gasteiger partial charge in [-0.2, -0.15) is 19.1 Å². The first-order valence-corrected chi connectivity index (χ1v) is 8.50. The molecule has 146 valence electrons. The Hall–Kier alpha value is -2.33. The zero-order valence-corrected chi connectivity index (χ0v) is 16.1. The number of benzene rings is 1. The molecule has 0 aliphatic rings. The standard InChI is InChI=1S/C17H17BrF3N3O3/c1-24(16(25)13-7-6-12(18)15(23-13)26-2)9-8-10-4-3-5-11(14(10)27-22)17(19,20)21/h3-7H,8-9,22H2,1-2H3. The predicted octanol–water partition coefficient (Wildman–Crippen LogP) is 3.44. The summed E-state index contributed by atoms with van der Waals surface area (Å²) in [6.45, 7) is 0.135. The number of ether oxygens (including phenoxy) is 1. The zero-order chi connectivity index (χ0) is 20.2. The number of methoxy groups -OCH3 is 1. The van der Waals surface area contributed by atoms with E-state index in [0.717, 1.165) is 6.07 Å². The predicted molar refractivity (Wildman–Crippen MR) is 95.4 cm³/mol. The molecule has 2 N–H and O–H groups in total. The summed E-state index contributed by atoms with van der Waals surface area (Å²) < 4.78 is 44.8. The fraction of sp³-hybridized carbons (Fsp3) is 0.294. The third-order valence-corrected chi connectivity index (χ3v) is 4.41. The van der Waals surface area contributed by atoms with Crippen LogP contribution in [-0.2, 0) is 12.6 Å². The Morgan fingerprint density at radius 3 is 2.59 bits per heavy atom. The number of hydrogen-bond donors (Lipinski definition) is 1. The number of carbonyl (C=O) groups excluding carboxylic acids is 1. The summed E-state index contributed by atoms with van der Waals surface area (Å²) in [5, 5.41) is 0. The van der Waals surface area contributed by atoms with Crippen molar-refractivity contribution in [1.29, 1.82) is 0 Å². The lowest BCUT2D eigenvalue weighted by Crippen LogP contribution is -2.30. The SMILES string of the molecule is COc1nc(C(=O)N(C)CCc2cccc(C(F)(F)F)c2ON)ccc1Br. The highest BCUT2D eigenvalue weighted by Gasteiger charge is 2.35. The fourth-order valence-corrected chi connectivity index (χ4v) is 2.80. The van der Waals surface area contributed by atoms with Crippen LogP contribution in [0.4, 0.5) is 13.2 Å². The summed E-state index contributed by atoms with van der Waals surface area (Å²) in [6.07, 6.45) is -4.48. The van der Waals surface area contributed by atoms with Crippen LogP contribution < -0.4 is 15.5 Å². The van der Waals surface area contributed by atoms with E-state index in [1.54, 1.807) is 6.07 Å². The van der Waals surface area contributed by atoms with E-state index in [-0.39, 0.29) is 30.1 Å². The second kappa shape index (κ2) is 8.57. The lowest BCUT2D eigenvalue weighted by molar-refractivity contribution is -0.139. The molecule has 0 radical (unpaired) electrons. The maximum Gasteiger partial charge on any atom is 0.420 e. The number of aromatic nitrogens is 1. The van der Waals surface area contributed by atoms with Crippen molar-refractivity contribution in [3.63, 3.8) is 0 Å². The molecule has 10 heteroatoms. The maximum absolute atomic E-state index is 13.0. The van der Waals surface area contributed by atoms with Crippen molar-refractivity contribution in [3.8, 4) is 11.6 Å². The monoisotopic (exact) mass is 447 g/mol. The molecule has 0 aliphatic heterocycles. The van der Waals surface area contributed by atoms with Gasteiger partial charge in [0.05, 0.1) is 11.6 Å². The minimum absolute atomic E-state index is 0.117. The first-order chi connectivity index (χ1) is 12.7. The van der Waals surface area contributed by atoms with E-state index in [9.17, 15) is 18.0 Å². The normalized spacial score (nSPS) is 11.2. The highest BCUT2D eigenvalue weighted by atomic mass is 79.9. The molecule has 27 heavy (non-hydrogen) atoms. The first kappa shape index (κ1) is 21.0. The number of rotatable bonds is 6. The van der Waals surface area contributed by atoms with Crippen molar-refractivity contribution in [3.05, 3.63) is 51.6 Å². The molecule has 1 aromatic heterocycles. The molecule has 0 spiro atoms. The van der Waals surface area contributed by atoms with Crippen LogP contribution in [0.5, 0.6) is 11.6 Å². The number of nitrogens with two attached hydrogens (primary N) is 1. The fourth-order valence-electron chi connectivity index (χ4n) is 2.42. The van der Waals surface area contributed by atoms with Crippen molar-refractivity contribution in [2.24, 2.45) is 5.90 Å². The number of nitrogens with zero attached hydrogens (tertiary/aromatic N) is 2. The van der Waals surface area contributed by atoms with Gasteiger partial charge in [-0.3, -0.25) is 4.79 Å². The van der Waals surface area contributed by atoms with Crippen molar-refractivity contribution in [2.75, 3.05) is 20.7 Å². The van der Waals surface area contributed by atoms with Gasteiger partial charge in [0.2, 0.25) is 5.88 Å². The Balaban J connectivity index is 2.16. The Bertz CT molecular complexity index is 831. The van der Waals surface area contributed by atoms with Gasteiger partial charge in [0.15, 0.2) is 5.75 Å². The maximum atomic E-state index is 13.0. The van der Waals surface area contributed by atoms with Crippen LogP contribution in [0.25, 0.3) is 0 Å². The third-order valence-electron chi connectivity index (χ3n) is 3.81. The van der Waals surface area contributed by atoms with E-state index in [2.05, 4.69) is 25.8 Å². The van der Waals surface area contributed by atoms with Crippen LogP contribution in [0.3, 0.4) is 0 Å². The van der Waals surface area contributed by atoms with Crippen LogP contribution in [0.2, 0.25) is 0 Å². The number of hydrogen-bond acceptors (Lipinski definition) is 5. The smallest absolute Gasteiger partial charge is 0.420 e. The van der Waals surface area contributed by atoms with Crippen molar-refractivity contribution < 1.29 is 27.5 Å². The summed E-state index contributed by atoms with van der Waals surface area (Å²) in [7, 11) is 2.95. The first-order valence-electron chi connectivity index (χ1n) is 7.70. The van der Waals surface area contributed by atoms with Gasteiger partial charge in [0, 0.05) is 13.6 Å². The topological polar surface area (TPSA) is 77.7 Å². The third kappa shape index (κ3) is 4.89. The average molecular weight is 448 g/mol. The van der Waals surface area contributed by atoms with E-state index >= 15 is 0 Å². The van der Waals surface area contributed by atoms with Crippen molar-refractivity contribution in [2.45, 2.75) is 12.6 Å². The molecular formula is C17H17BrF3N3O3. The number of likely N-dealkylation sites (N-methyl/N-ethyl adjacent to an activating group) is 1. The van der Waals surface area contributed by atoms with Crippen LogP contribution in [0, 0.1) is 0 Å². The zero-order valence-electron chi connectivity index (χ0n) is 14.5. The minimum atomic E-state index is -4.59. The summed E-state index contributed by atoms with van der Waals surface area (Å²) in [6, 6.07) is 6.77. The molecule has 0 atom stereocenters. The van der Waals surface area contributed by atoms with E-state index in [1.165, 1.54) is 37.3 Å². The van der Waals surface area contributed by atoms with Crippen LogP contribution in [0.1, 0.15) is 21.6 Å². The number of amides is 1. The van der Waals surface area contributed by atoms with E-state index in [0.29, 0.717) is 4.47 Å². The molecule has 2 rings (SSSR count). The summed E-state index contributed by atoms with van der Waals surface area (Å²) in [5.74, 6) is 4.45. The Labute approximate surface area is 162 Å². The van der Waals surface area contributed by atoms with E-state index in [1.807, 2.05) is 0 Å². The van der Waals surface area contributed by atoms with Crippen molar-refractivity contribution in [1.82, 2.24) is 9.88 Å². The van der Waals surface area contributed by atoms with Gasteiger partial charge in [0.25, 0.3) is 5.91 Å². The second-order valence-corrected chi connectivity index (χ2v) is 6.43. The lowest BCUT2D eigenvalue weighted by Gasteiger charge is -2.19. The lowest BCUT2D eigenvalue weighted by atomic mass is 10.1. The summed E-state index contributed by atoms with van der Waals surface area (Å²) in [5.41, 5.74) is -0.569. The van der Waals surface area contributed by atoms with Crippen LogP contribution in [0.15, 0.2) is 34.8 Å². The molecule has 1 heterocycles. The van der Waals surface area contributed by atoms with Crippen LogP contribution in [-0.4, -0.2) is 36.5 Å². The number of halogens is 4. The molecule has 2 aromatic rings. The Morgan fingerprint density at radius 2 is 2.00 bits per heavy atom. The Morgan fingerprint density at radius 1 is 1.30 bits per heavy atom. The van der Waals surface area contributed by atoms with E-state index in [4.69, 9.17) is 10.6 Å². The number of para-hydroxylation sites is 1. The molecule has 0 saturated carbocycles. The minimum Gasteiger partial charge on any atom is -0.480 e. The van der Waals surface area contributed by atoms with Gasteiger partial charge in [-0.05, 0) is 46.1 Å². The molecular weight excluding hydrogens is 431 g/mol. The molecule has 0 fully saturated rings. The molecule has 1 aromatic carbocycles. The molecule has 0 unspecified atom stereocenters. The van der Waals surface area contributed by atoms with Gasteiger partial charge in [-0.25, -0.2) is 4.98 Å². The van der Waals surface area contributed by atoms with Gasteiger partial charge in [-0.1, -0.05) is 12.1 Å². The Kier molecular flexibility index (Phi) is 6.66. The van der Waals surface area contributed by atoms with Crippen molar-refractivity contribution >= 4 is 21.8 Å². The van der Waals surface area contributed by atoms with E-state index < -0.39 is 23.4 Å². The molecule has 0 saturated heterocycles. The van der Waals surface area contributed by atoms with Crippen LogP contribution >= 0.6 is 15.9 Å². The molecule has 0 bridgehead atoms. The summed E-state index contributed by atoms with van der Waals surface area (Å²) >= 11 is 3.25. The van der Waals surface area contributed by atoms with Gasteiger partial charge in [0.1, 0.15) is 11.3 Å². The number of alkyl halides is 3. The second-order valence-electron chi connectivity index (χ2n) is 5.57.